The molecule has 0 fully saturated rings. The molecule has 0 unspecified atom stereocenters. The Kier molecular flexibility index (Phi) is 4.48. The summed E-state index contributed by atoms with van der Waals surface area (Å²) in [5, 5.41) is 5.89. The molecule has 0 bridgehead atoms. The van der Waals surface area contributed by atoms with Gasteiger partial charge < -0.3 is 0 Å². The molecule has 0 aliphatic heterocycles. The van der Waals surface area contributed by atoms with E-state index in [-0.39, 0.29) is 0 Å². The molecule has 1 N–H and O–H groups in total. The fourth-order valence-corrected chi connectivity index (χ4v) is 1.99. The standard InChI is InChI=1S/C13H9Cl3N2/c14-10-2-1-3-12(6-10)18-17-8-9-4-5-11(15)7-13(9)16/h1-8,18H. The van der Waals surface area contributed by atoms with Gasteiger partial charge in [0.2, 0.25) is 0 Å². The van der Waals surface area contributed by atoms with Crippen molar-refractivity contribution in [2.24, 2.45) is 5.10 Å². The third kappa shape index (κ3) is 3.64. The molecule has 0 amide bonds. The predicted molar refractivity (Wildman–Crippen MR) is 79.1 cm³/mol. The topological polar surface area (TPSA) is 24.4 Å². The number of rotatable bonds is 3. The lowest BCUT2D eigenvalue weighted by Gasteiger charge is -2.01. The second kappa shape index (κ2) is 6.10. The molecule has 2 aromatic rings. The zero-order chi connectivity index (χ0) is 13.0. The number of nitrogens with zero attached hydrogens (tertiary/aromatic N) is 1. The average molecular weight is 300 g/mol. The third-order valence-electron chi connectivity index (χ3n) is 2.18. The molecule has 0 atom stereocenters. The molecule has 18 heavy (non-hydrogen) atoms. The average Bonchev–Trinajstić information content (AvgIpc) is 2.32. The van der Waals surface area contributed by atoms with E-state index in [1.807, 2.05) is 12.1 Å². The van der Waals surface area contributed by atoms with E-state index >= 15 is 0 Å². The maximum atomic E-state index is 6.01. The lowest BCUT2D eigenvalue weighted by atomic mass is 10.2. The predicted octanol–water partition coefficient (Wildman–Crippen LogP) is 5.09. The zero-order valence-corrected chi connectivity index (χ0v) is 11.5. The SMILES string of the molecule is Clc1cccc(NN=Cc2ccc(Cl)cc2Cl)c1. The van der Waals surface area contributed by atoms with Crippen LogP contribution in [0.4, 0.5) is 5.69 Å². The minimum absolute atomic E-state index is 0.555. The molecular formula is C13H9Cl3N2. The van der Waals surface area contributed by atoms with Crippen LogP contribution in [0.1, 0.15) is 5.56 Å². The van der Waals surface area contributed by atoms with Gasteiger partial charge in [-0.25, -0.2) is 0 Å². The van der Waals surface area contributed by atoms with Gasteiger partial charge in [-0.15, -0.1) is 0 Å². The highest BCUT2D eigenvalue weighted by Gasteiger charge is 1.98. The Morgan fingerprint density at radius 1 is 0.944 bits per heavy atom. The quantitative estimate of drug-likeness (QED) is 0.619. The number of anilines is 1. The fourth-order valence-electron chi connectivity index (χ4n) is 1.34. The first-order valence-electron chi connectivity index (χ1n) is 5.15. The Morgan fingerprint density at radius 3 is 2.44 bits per heavy atom. The summed E-state index contributed by atoms with van der Waals surface area (Å²) in [6.45, 7) is 0. The monoisotopic (exact) mass is 298 g/mol. The minimum Gasteiger partial charge on any atom is -0.278 e. The Hall–Kier alpha value is -1.22. The molecule has 0 radical (unpaired) electrons. The first kappa shape index (κ1) is 13.2. The van der Waals surface area contributed by atoms with Crippen LogP contribution < -0.4 is 5.43 Å². The highest BCUT2D eigenvalue weighted by atomic mass is 35.5. The van der Waals surface area contributed by atoms with E-state index in [4.69, 9.17) is 34.8 Å². The van der Waals surface area contributed by atoms with Gasteiger partial charge in [0.25, 0.3) is 0 Å². The Bertz CT molecular complexity index is 582. The highest BCUT2D eigenvalue weighted by Crippen LogP contribution is 2.19. The van der Waals surface area contributed by atoms with Crippen LogP contribution in [-0.4, -0.2) is 6.21 Å². The van der Waals surface area contributed by atoms with Gasteiger partial charge in [0.05, 0.1) is 16.9 Å². The van der Waals surface area contributed by atoms with Crippen molar-refractivity contribution in [3.05, 3.63) is 63.1 Å². The molecule has 2 rings (SSSR count). The van der Waals surface area contributed by atoms with Crippen molar-refractivity contribution in [1.29, 1.82) is 0 Å². The van der Waals surface area contributed by atoms with E-state index in [2.05, 4.69) is 10.5 Å². The van der Waals surface area contributed by atoms with E-state index in [9.17, 15) is 0 Å². The van der Waals surface area contributed by atoms with E-state index < -0.39 is 0 Å². The molecule has 2 aromatic carbocycles. The Balaban J connectivity index is 2.07. The molecule has 0 saturated carbocycles. The van der Waals surface area contributed by atoms with Crippen LogP contribution in [0.25, 0.3) is 0 Å². The summed E-state index contributed by atoms with van der Waals surface area (Å²) in [7, 11) is 0. The number of hydrogen-bond acceptors (Lipinski definition) is 2. The molecule has 0 aromatic heterocycles. The molecule has 0 aliphatic rings. The van der Waals surface area contributed by atoms with Gasteiger partial charge in [0.15, 0.2) is 0 Å². The van der Waals surface area contributed by atoms with Crippen LogP contribution in [0, 0.1) is 0 Å². The summed E-state index contributed by atoms with van der Waals surface area (Å²) >= 11 is 17.7. The summed E-state index contributed by atoms with van der Waals surface area (Å²) in [4.78, 5) is 0. The molecule has 0 aliphatic carbocycles. The molecule has 2 nitrogen and oxygen atoms in total. The number of hydrogen-bond donors (Lipinski definition) is 1. The van der Waals surface area contributed by atoms with Crippen LogP contribution in [-0.2, 0) is 0 Å². The second-order valence-electron chi connectivity index (χ2n) is 3.55. The number of hydrazone groups is 1. The maximum Gasteiger partial charge on any atom is 0.0576 e. The summed E-state index contributed by atoms with van der Waals surface area (Å²) < 4.78 is 0. The Morgan fingerprint density at radius 2 is 1.72 bits per heavy atom. The summed E-state index contributed by atoms with van der Waals surface area (Å²) in [6, 6.07) is 12.5. The van der Waals surface area contributed by atoms with Crippen molar-refractivity contribution in [3.63, 3.8) is 0 Å². The first-order valence-corrected chi connectivity index (χ1v) is 6.28. The van der Waals surface area contributed by atoms with Gasteiger partial charge in [-0.05, 0) is 30.3 Å². The van der Waals surface area contributed by atoms with Gasteiger partial charge in [0.1, 0.15) is 0 Å². The van der Waals surface area contributed by atoms with Crippen LogP contribution in [0.15, 0.2) is 47.6 Å². The second-order valence-corrected chi connectivity index (χ2v) is 4.83. The third-order valence-corrected chi connectivity index (χ3v) is 2.98. The van der Waals surface area contributed by atoms with Crippen molar-refractivity contribution in [1.82, 2.24) is 0 Å². The lowest BCUT2D eigenvalue weighted by molar-refractivity contribution is 1.35. The van der Waals surface area contributed by atoms with Gasteiger partial charge in [0, 0.05) is 15.6 Å². The van der Waals surface area contributed by atoms with Crippen LogP contribution in [0.5, 0.6) is 0 Å². The van der Waals surface area contributed by atoms with Crippen LogP contribution in [0.3, 0.4) is 0 Å². The summed E-state index contributed by atoms with van der Waals surface area (Å²) in [5.41, 5.74) is 4.47. The molecule has 0 spiro atoms. The minimum atomic E-state index is 0.555. The van der Waals surface area contributed by atoms with Gasteiger partial charge >= 0.3 is 0 Å². The summed E-state index contributed by atoms with van der Waals surface area (Å²) in [6.07, 6.45) is 1.62. The molecule has 0 heterocycles. The first-order chi connectivity index (χ1) is 8.65. The molecule has 0 saturated heterocycles. The number of halogens is 3. The molecule has 5 heteroatoms. The number of benzene rings is 2. The number of nitrogens with one attached hydrogen (secondary N) is 1. The van der Waals surface area contributed by atoms with Crippen molar-refractivity contribution in [2.75, 3.05) is 5.43 Å². The maximum absolute atomic E-state index is 6.01. The zero-order valence-electron chi connectivity index (χ0n) is 9.20. The highest BCUT2D eigenvalue weighted by molar-refractivity contribution is 6.36. The van der Waals surface area contributed by atoms with Crippen molar-refractivity contribution in [3.8, 4) is 0 Å². The van der Waals surface area contributed by atoms with Gasteiger partial charge in [-0.2, -0.15) is 5.10 Å². The van der Waals surface area contributed by atoms with E-state index in [1.165, 1.54) is 0 Å². The van der Waals surface area contributed by atoms with Crippen molar-refractivity contribution in [2.45, 2.75) is 0 Å². The fraction of sp³-hybridized carbons (Fsp3) is 0. The largest absolute Gasteiger partial charge is 0.278 e. The van der Waals surface area contributed by atoms with Gasteiger partial charge in [-0.3, -0.25) is 5.43 Å². The van der Waals surface area contributed by atoms with Crippen molar-refractivity contribution >= 4 is 46.7 Å². The Labute approximate surface area is 120 Å². The molecular weight excluding hydrogens is 291 g/mol. The summed E-state index contributed by atoms with van der Waals surface area (Å²) in [5.74, 6) is 0. The molecule has 92 valence electrons. The van der Waals surface area contributed by atoms with Gasteiger partial charge in [-0.1, -0.05) is 46.9 Å². The van der Waals surface area contributed by atoms with Crippen molar-refractivity contribution < 1.29 is 0 Å². The van der Waals surface area contributed by atoms with E-state index in [1.54, 1.807) is 36.5 Å². The van der Waals surface area contributed by atoms with E-state index in [0.29, 0.717) is 15.1 Å². The lowest BCUT2D eigenvalue weighted by Crippen LogP contribution is -1.91. The van der Waals surface area contributed by atoms with Crippen LogP contribution >= 0.6 is 34.8 Å². The van der Waals surface area contributed by atoms with E-state index in [0.717, 1.165) is 11.3 Å². The smallest absolute Gasteiger partial charge is 0.0576 e. The van der Waals surface area contributed by atoms with Crippen LogP contribution in [0.2, 0.25) is 15.1 Å². The normalized spacial score (nSPS) is 10.8.